The van der Waals surface area contributed by atoms with Gasteiger partial charge in [-0.15, -0.1) is 0 Å². The molecule has 0 aliphatic carbocycles. The van der Waals surface area contributed by atoms with Gasteiger partial charge in [-0.2, -0.15) is 10.2 Å². The number of carbonyl (C=O) groups excluding carboxylic acids is 1. The van der Waals surface area contributed by atoms with Crippen LogP contribution < -0.4 is 0 Å². The molecule has 1 fully saturated rings. The van der Waals surface area contributed by atoms with Gasteiger partial charge in [-0.25, -0.2) is 9.78 Å². The van der Waals surface area contributed by atoms with E-state index in [1.807, 2.05) is 6.07 Å². The van der Waals surface area contributed by atoms with E-state index in [0.29, 0.717) is 12.5 Å². The Morgan fingerprint density at radius 3 is 2.56 bits per heavy atom. The molecule has 0 atom stereocenters. The van der Waals surface area contributed by atoms with Gasteiger partial charge in [-0.3, -0.25) is 9.88 Å². The van der Waals surface area contributed by atoms with Crippen LogP contribution in [0.4, 0.5) is 0 Å². The van der Waals surface area contributed by atoms with E-state index in [1.165, 1.54) is 35.3 Å². The highest BCUT2D eigenvalue weighted by molar-refractivity contribution is 5.86. The highest BCUT2D eigenvalue weighted by Crippen LogP contribution is 2.30. The molecule has 166 valence electrons. The summed E-state index contributed by atoms with van der Waals surface area (Å²) in [6.45, 7) is 7.32. The van der Waals surface area contributed by atoms with Crippen LogP contribution in [0.2, 0.25) is 0 Å². The fourth-order valence-electron chi connectivity index (χ4n) is 4.19. The normalized spacial score (nSPS) is 14.9. The molecule has 0 bridgehead atoms. The lowest BCUT2D eigenvalue weighted by molar-refractivity contribution is 0.0440. The van der Waals surface area contributed by atoms with Crippen LogP contribution in [0.5, 0.6) is 0 Å². The van der Waals surface area contributed by atoms with Crippen molar-refractivity contribution in [2.45, 2.75) is 39.0 Å². The third kappa shape index (κ3) is 5.34. The van der Waals surface area contributed by atoms with Crippen molar-refractivity contribution in [2.75, 3.05) is 26.2 Å². The molecule has 3 aromatic rings. The highest BCUT2D eigenvalue weighted by Gasteiger charge is 2.24. The SMILES string of the molecule is Cc1c(Cc2ccccc2)nnc(C2CCN(CCOC(=O)c3cnccn3)CC2)c1C. The van der Waals surface area contributed by atoms with Gasteiger partial charge in [0.15, 0.2) is 5.69 Å². The minimum atomic E-state index is -0.426. The molecule has 7 heteroatoms. The highest BCUT2D eigenvalue weighted by atomic mass is 16.5. The second-order valence-corrected chi connectivity index (χ2v) is 8.29. The van der Waals surface area contributed by atoms with Crippen molar-refractivity contribution in [3.63, 3.8) is 0 Å². The molecule has 0 spiro atoms. The predicted octanol–water partition coefficient (Wildman–Crippen LogP) is 3.51. The Bertz CT molecular complexity index is 1030. The minimum absolute atomic E-state index is 0.242. The molecule has 1 aliphatic heterocycles. The number of hydrogen-bond acceptors (Lipinski definition) is 7. The quantitative estimate of drug-likeness (QED) is 0.530. The monoisotopic (exact) mass is 431 g/mol. The number of benzene rings is 1. The van der Waals surface area contributed by atoms with Crippen LogP contribution in [0, 0.1) is 13.8 Å². The Morgan fingerprint density at radius 1 is 1.06 bits per heavy atom. The van der Waals surface area contributed by atoms with Gasteiger partial charge in [0.25, 0.3) is 0 Å². The van der Waals surface area contributed by atoms with Crippen LogP contribution in [0.25, 0.3) is 0 Å². The average Bonchev–Trinajstić information content (AvgIpc) is 2.84. The zero-order valence-corrected chi connectivity index (χ0v) is 18.7. The summed E-state index contributed by atoms with van der Waals surface area (Å²) >= 11 is 0. The summed E-state index contributed by atoms with van der Waals surface area (Å²) in [5.74, 6) is -0.00433. The lowest BCUT2D eigenvalue weighted by atomic mass is 9.89. The van der Waals surface area contributed by atoms with Crippen molar-refractivity contribution < 1.29 is 9.53 Å². The minimum Gasteiger partial charge on any atom is -0.460 e. The Labute approximate surface area is 188 Å². The van der Waals surface area contributed by atoms with Crippen LogP contribution in [0.3, 0.4) is 0 Å². The van der Waals surface area contributed by atoms with Crippen LogP contribution in [-0.2, 0) is 11.2 Å². The third-order valence-corrected chi connectivity index (χ3v) is 6.26. The van der Waals surface area contributed by atoms with Gasteiger partial charge in [0, 0.05) is 31.3 Å². The molecule has 0 unspecified atom stereocenters. The van der Waals surface area contributed by atoms with Crippen LogP contribution in [0.1, 0.15) is 57.3 Å². The lowest BCUT2D eigenvalue weighted by Gasteiger charge is -2.32. The summed E-state index contributed by atoms with van der Waals surface area (Å²) in [5, 5.41) is 9.25. The number of nitrogens with zero attached hydrogens (tertiary/aromatic N) is 5. The molecule has 0 N–H and O–H groups in total. The number of rotatable bonds is 7. The van der Waals surface area contributed by atoms with E-state index in [9.17, 15) is 4.79 Å². The first-order valence-corrected chi connectivity index (χ1v) is 11.1. The number of ether oxygens (including phenoxy) is 1. The maximum atomic E-state index is 12.0. The molecule has 1 aromatic carbocycles. The summed E-state index contributed by atoms with van der Waals surface area (Å²) < 4.78 is 5.33. The van der Waals surface area contributed by atoms with E-state index >= 15 is 0 Å². The van der Waals surface area contributed by atoms with E-state index in [0.717, 1.165) is 50.3 Å². The molecule has 32 heavy (non-hydrogen) atoms. The number of esters is 1. The fraction of sp³-hybridized carbons (Fsp3) is 0.400. The summed E-state index contributed by atoms with van der Waals surface area (Å²) in [5.41, 5.74) is 6.20. The van der Waals surface area contributed by atoms with E-state index in [-0.39, 0.29) is 5.69 Å². The topological polar surface area (TPSA) is 81.1 Å². The molecular weight excluding hydrogens is 402 g/mol. The zero-order chi connectivity index (χ0) is 22.3. The van der Waals surface area contributed by atoms with Gasteiger partial charge in [-0.05, 0) is 56.5 Å². The Balaban J connectivity index is 1.28. The molecular formula is C25H29N5O2. The van der Waals surface area contributed by atoms with Crippen molar-refractivity contribution in [1.82, 2.24) is 25.1 Å². The largest absolute Gasteiger partial charge is 0.460 e. The number of piperidine rings is 1. The van der Waals surface area contributed by atoms with Crippen LogP contribution in [0.15, 0.2) is 48.9 Å². The molecule has 0 amide bonds. The van der Waals surface area contributed by atoms with E-state index in [4.69, 9.17) is 4.74 Å². The maximum Gasteiger partial charge on any atom is 0.358 e. The average molecular weight is 432 g/mol. The standard InChI is InChI=1S/C25H29N5O2/c1-18-19(2)24(29-28-22(18)16-20-6-4-3-5-7-20)21-8-12-30(13-9-21)14-15-32-25(31)23-17-26-10-11-27-23/h3-7,10-11,17,21H,8-9,12-16H2,1-2H3. The molecule has 2 aromatic heterocycles. The van der Waals surface area contributed by atoms with Crippen molar-refractivity contribution in [3.05, 3.63) is 82.7 Å². The smallest absolute Gasteiger partial charge is 0.358 e. The van der Waals surface area contributed by atoms with Gasteiger partial charge in [-0.1, -0.05) is 30.3 Å². The summed E-state index contributed by atoms with van der Waals surface area (Å²) in [7, 11) is 0. The Hall–Kier alpha value is -3.19. The molecule has 7 nitrogen and oxygen atoms in total. The number of carbonyl (C=O) groups is 1. The number of hydrogen-bond donors (Lipinski definition) is 0. The molecule has 1 saturated heterocycles. The summed E-state index contributed by atoms with van der Waals surface area (Å²) in [4.78, 5) is 22.2. The first-order chi connectivity index (χ1) is 15.6. The maximum absolute atomic E-state index is 12.0. The van der Waals surface area contributed by atoms with Gasteiger partial charge in [0.05, 0.1) is 17.6 Å². The second-order valence-electron chi connectivity index (χ2n) is 8.29. The van der Waals surface area contributed by atoms with Gasteiger partial charge in [0.1, 0.15) is 6.61 Å². The molecule has 3 heterocycles. The number of likely N-dealkylation sites (tertiary alicyclic amines) is 1. The summed E-state index contributed by atoms with van der Waals surface area (Å²) in [6.07, 6.45) is 7.32. The first-order valence-electron chi connectivity index (χ1n) is 11.1. The third-order valence-electron chi connectivity index (χ3n) is 6.26. The van der Waals surface area contributed by atoms with Crippen molar-refractivity contribution in [2.24, 2.45) is 0 Å². The zero-order valence-electron chi connectivity index (χ0n) is 18.7. The van der Waals surface area contributed by atoms with Crippen molar-refractivity contribution in [1.29, 1.82) is 0 Å². The van der Waals surface area contributed by atoms with E-state index in [2.05, 4.69) is 63.2 Å². The van der Waals surface area contributed by atoms with Crippen LogP contribution >= 0.6 is 0 Å². The molecule has 4 rings (SSSR count). The van der Waals surface area contributed by atoms with Gasteiger partial charge < -0.3 is 4.74 Å². The molecule has 1 aliphatic rings. The van der Waals surface area contributed by atoms with Crippen LogP contribution in [-0.4, -0.2) is 57.3 Å². The van der Waals surface area contributed by atoms with Gasteiger partial charge >= 0.3 is 5.97 Å². The first kappa shape index (κ1) is 22.0. The Morgan fingerprint density at radius 2 is 1.84 bits per heavy atom. The van der Waals surface area contributed by atoms with Gasteiger partial charge in [0.2, 0.25) is 0 Å². The number of aromatic nitrogens is 4. The van der Waals surface area contributed by atoms with E-state index in [1.54, 1.807) is 0 Å². The molecule has 0 radical (unpaired) electrons. The van der Waals surface area contributed by atoms with Crippen molar-refractivity contribution >= 4 is 5.97 Å². The second kappa shape index (κ2) is 10.4. The predicted molar refractivity (Wildman–Crippen MR) is 121 cm³/mol. The lowest BCUT2D eigenvalue weighted by Crippen LogP contribution is -2.36. The van der Waals surface area contributed by atoms with E-state index < -0.39 is 5.97 Å². The summed E-state index contributed by atoms with van der Waals surface area (Å²) in [6, 6.07) is 10.4. The molecule has 0 saturated carbocycles. The van der Waals surface area contributed by atoms with Crippen molar-refractivity contribution in [3.8, 4) is 0 Å². The Kier molecular flexibility index (Phi) is 7.17. The fourth-order valence-corrected chi connectivity index (χ4v) is 4.19.